The summed E-state index contributed by atoms with van der Waals surface area (Å²) in [5.41, 5.74) is 6.97. The predicted octanol–water partition coefficient (Wildman–Crippen LogP) is 3.07. The highest BCUT2D eigenvalue weighted by molar-refractivity contribution is 7.14. The van der Waals surface area contributed by atoms with Crippen molar-refractivity contribution in [3.63, 3.8) is 0 Å². The van der Waals surface area contributed by atoms with E-state index in [0.717, 1.165) is 19.4 Å². The fourth-order valence-corrected chi connectivity index (χ4v) is 4.54. The molecule has 0 bridgehead atoms. The molecule has 2 amide bonds. The topological polar surface area (TPSA) is 75.4 Å². The first kappa shape index (κ1) is 16.2. The van der Waals surface area contributed by atoms with Crippen molar-refractivity contribution in [3.05, 3.63) is 39.4 Å². The van der Waals surface area contributed by atoms with Gasteiger partial charge in [0.15, 0.2) is 0 Å². The van der Waals surface area contributed by atoms with Gasteiger partial charge in [-0.3, -0.25) is 14.5 Å². The third-order valence-corrected chi connectivity index (χ3v) is 5.80. The van der Waals surface area contributed by atoms with Crippen molar-refractivity contribution >= 4 is 39.5 Å². The highest BCUT2D eigenvalue weighted by Gasteiger charge is 2.33. The molecule has 2 aromatic heterocycles. The Balaban J connectivity index is 1.72. The normalized spacial score (nSPS) is 19.6. The molecular formula is C16H19N3O2S2. The van der Waals surface area contributed by atoms with Crippen LogP contribution in [0.4, 0.5) is 5.00 Å². The Morgan fingerprint density at radius 2 is 2.22 bits per heavy atom. The number of nitrogens with one attached hydrogen (secondary N) is 1. The quantitative estimate of drug-likeness (QED) is 0.871. The van der Waals surface area contributed by atoms with Crippen LogP contribution in [0.3, 0.4) is 0 Å². The number of nitrogens with zero attached hydrogens (tertiary/aromatic N) is 1. The number of carbonyl (C=O) groups is 2. The summed E-state index contributed by atoms with van der Waals surface area (Å²) in [5.74, 6) is -0.622. The Bertz CT molecular complexity index is 696. The minimum absolute atomic E-state index is 0.0999. The smallest absolute Gasteiger partial charge is 0.251 e. The SMILES string of the molecule is C[C@H](C(=O)Nc1sccc1C(N)=O)N1CCC[C@@H]1c1ccsc1. The summed E-state index contributed by atoms with van der Waals surface area (Å²) in [4.78, 5) is 26.2. The molecule has 0 spiro atoms. The summed E-state index contributed by atoms with van der Waals surface area (Å²) in [7, 11) is 0. The number of hydrogen-bond acceptors (Lipinski definition) is 5. The Hall–Kier alpha value is -1.70. The Morgan fingerprint density at radius 3 is 2.91 bits per heavy atom. The van der Waals surface area contributed by atoms with Gasteiger partial charge in [-0.05, 0) is 60.1 Å². The molecule has 3 N–H and O–H groups in total. The van der Waals surface area contributed by atoms with Crippen molar-refractivity contribution in [3.8, 4) is 0 Å². The number of primary amides is 1. The number of likely N-dealkylation sites (tertiary alicyclic amines) is 1. The molecule has 0 radical (unpaired) electrons. The van der Waals surface area contributed by atoms with Crippen LogP contribution in [0.25, 0.3) is 0 Å². The Morgan fingerprint density at radius 1 is 1.39 bits per heavy atom. The molecule has 3 heterocycles. The van der Waals surface area contributed by atoms with Gasteiger partial charge in [0.1, 0.15) is 5.00 Å². The van der Waals surface area contributed by atoms with Crippen molar-refractivity contribution in [2.75, 3.05) is 11.9 Å². The van der Waals surface area contributed by atoms with E-state index in [1.165, 1.54) is 16.9 Å². The molecular weight excluding hydrogens is 330 g/mol. The summed E-state index contributed by atoms with van der Waals surface area (Å²) in [5, 5.41) is 9.36. The van der Waals surface area contributed by atoms with E-state index >= 15 is 0 Å². The minimum atomic E-state index is -0.522. The van der Waals surface area contributed by atoms with Crippen LogP contribution in [-0.4, -0.2) is 29.3 Å². The lowest BCUT2D eigenvalue weighted by Crippen LogP contribution is -2.41. The molecule has 0 aromatic carbocycles. The molecule has 122 valence electrons. The molecule has 23 heavy (non-hydrogen) atoms. The first-order valence-electron chi connectivity index (χ1n) is 7.54. The van der Waals surface area contributed by atoms with Gasteiger partial charge < -0.3 is 11.1 Å². The lowest BCUT2D eigenvalue weighted by Gasteiger charge is -2.29. The fraction of sp³-hybridized carbons (Fsp3) is 0.375. The summed E-state index contributed by atoms with van der Waals surface area (Å²) in [6.45, 7) is 2.82. The second kappa shape index (κ2) is 6.82. The summed E-state index contributed by atoms with van der Waals surface area (Å²) < 4.78 is 0. The first-order chi connectivity index (χ1) is 11.1. The van der Waals surface area contributed by atoms with Crippen molar-refractivity contribution < 1.29 is 9.59 Å². The van der Waals surface area contributed by atoms with Crippen LogP contribution in [0.2, 0.25) is 0 Å². The zero-order chi connectivity index (χ0) is 16.4. The number of hydrogen-bond donors (Lipinski definition) is 2. The number of carbonyl (C=O) groups excluding carboxylic acids is 2. The van der Waals surface area contributed by atoms with Crippen LogP contribution < -0.4 is 11.1 Å². The van der Waals surface area contributed by atoms with Gasteiger partial charge in [0.25, 0.3) is 5.91 Å². The Labute approximate surface area is 143 Å². The van der Waals surface area contributed by atoms with E-state index in [0.29, 0.717) is 16.6 Å². The molecule has 3 rings (SSSR count). The van der Waals surface area contributed by atoms with Crippen LogP contribution in [0.1, 0.15) is 41.7 Å². The van der Waals surface area contributed by atoms with E-state index in [9.17, 15) is 9.59 Å². The summed E-state index contributed by atoms with van der Waals surface area (Å²) in [6, 6.07) is 3.80. The lowest BCUT2D eigenvalue weighted by molar-refractivity contribution is -0.121. The maximum atomic E-state index is 12.6. The average molecular weight is 349 g/mol. The highest BCUT2D eigenvalue weighted by Crippen LogP contribution is 2.35. The first-order valence-corrected chi connectivity index (χ1v) is 9.36. The number of nitrogens with two attached hydrogens (primary N) is 1. The molecule has 1 aliphatic heterocycles. The van der Waals surface area contributed by atoms with Crippen molar-refractivity contribution in [1.82, 2.24) is 4.90 Å². The minimum Gasteiger partial charge on any atom is -0.366 e. The third-order valence-electron chi connectivity index (χ3n) is 4.27. The molecule has 0 unspecified atom stereocenters. The maximum absolute atomic E-state index is 12.6. The zero-order valence-corrected chi connectivity index (χ0v) is 14.5. The predicted molar refractivity (Wildman–Crippen MR) is 93.9 cm³/mol. The van der Waals surface area contributed by atoms with E-state index in [1.807, 2.05) is 6.92 Å². The van der Waals surface area contributed by atoms with Crippen molar-refractivity contribution in [2.24, 2.45) is 5.73 Å². The van der Waals surface area contributed by atoms with Gasteiger partial charge in [0.2, 0.25) is 5.91 Å². The molecule has 2 aromatic rings. The summed E-state index contributed by atoms with van der Waals surface area (Å²) >= 11 is 3.00. The number of amides is 2. The molecule has 0 aliphatic carbocycles. The van der Waals surface area contributed by atoms with Crippen LogP contribution in [0, 0.1) is 0 Å². The zero-order valence-electron chi connectivity index (χ0n) is 12.8. The van der Waals surface area contributed by atoms with Crippen LogP contribution >= 0.6 is 22.7 Å². The van der Waals surface area contributed by atoms with Gasteiger partial charge >= 0.3 is 0 Å². The Kier molecular flexibility index (Phi) is 4.79. The van der Waals surface area contributed by atoms with E-state index in [2.05, 4.69) is 27.0 Å². The standard InChI is InChI=1S/C16H19N3O2S2/c1-10(15(21)18-16-12(14(17)20)5-8-23-16)19-6-2-3-13(19)11-4-7-22-9-11/h4-5,7-10,13H,2-3,6H2,1H3,(H2,17,20)(H,18,21)/t10-,13-/m1/s1. The largest absolute Gasteiger partial charge is 0.366 e. The van der Waals surface area contributed by atoms with Gasteiger partial charge in [-0.25, -0.2) is 0 Å². The second-order valence-electron chi connectivity index (χ2n) is 5.65. The molecule has 0 saturated carbocycles. The van der Waals surface area contributed by atoms with E-state index in [4.69, 9.17) is 5.73 Å². The number of thiophene rings is 2. The summed E-state index contributed by atoms with van der Waals surface area (Å²) in [6.07, 6.45) is 2.16. The molecule has 1 saturated heterocycles. The van der Waals surface area contributed by atoms with Gasteiger partial charge in [-0.1, -0.05) is 0 Å². The van der Waals surface area contributed by atoms with Gasteiger partial charge in [0, 0.05) is 6.04 Å². The van der Waals surface area contributed by atoms with Gasteiger partial charge in [-0.15, -0.1) is 11.3 Å². The number of rotatable bonds is 5. The molecule has 7 heteroatoms. The molecule has 5 nitrogen and oxygen atoms in total. The van der Waals surface area contributed by atoms with Crippen LogP contribution in [0.5, 0.6) is 0 Å². The maximum Gasteiger partial charge on any atom is 0.251 e. The monoisotopic (exact) mass is 349 g/mol. The lowest BCUT2D eigenvalue weighted by atomic mass is 10.1. The van der Waals surface area contributed by atoms with Gasteiger partial charge in [-0.2, -0.15) is 11.3 Å². The van der Waals surface area contributed by atoms with Crippen molar-refractivity contribution in [1.29, 1.82) is 0 Å². The fourth-order valence-electron chi connectivity index (χ4n) is 3.04. The average Bonchev–Trinajstić information content (AvgIpc) is 3.26. The van der Waals surface area contributed by atoms with Gasteiger partial charge in [0.05, 0.1) is 11.6 Å². The van der Waals surface area contributed by atoms with E-state index in [-0.39, 0.29) is 11.9 Å². The third kappa shape index (κ3) is 3.31. The highest BCUT2D eigenvalue weighted by atomic mass is 32.1. The van der Waals surface area contributed by atoms with Crippen molar-refractivity contribution in [2.45, 2.75) is 31.8 Å². The number of anilines is 1. The van der Waals surface area contributed by atoms with Crippen LogP contribution in [0.15, 0.2) is 28.3 Å². The van der Waals surface area contributed by atoms with E-state index < -0.39 is 5.91 Å². The molecule has 1 aliphatic rings. The molecule has 2 atom stereocenters. The van der Waals surface area contributed by atoms with Crippen LogP contribution in [-0.2, 0) is 4.79 Å². The molecule has 1 fully saturated rings. The van der Waals surface area contributed by atoms with E-state index in [1.54, 1.807) is 22.8 Å². The second-order valence-corrected chi connectivity index (χ2v) is 7.34.